The fourth-order valence-electron chi connectivity index (χ4n) is 5.64. The van der Waals surface area contributed by atoms with E-state index in [-0.39, 0.29) is 55.1 Å². The molecule has 4 atom stereocenters. The first-order chi connectivity index (χ1) is 19.0. The molecular weight excluding hydrogens is 567 g/mol. The van der Waals surface area contributed by atoms with Gasteiger partial charge in [-0.1, -0.05) is 44.0 Å². The van der Waals surface area contributed by atoms with Crippen molar-refractivity contribution >= 4 is 49.4 Å². The minimum Gasteiger partial charge on any atom is -0.457 e. The Morgan fingerprint density at radius 2 is 1.85 bits per heavy atom. The van der Waals surface area contributed by atoms with Gasteiger partial charge in [0.15, 0.2) is 12.7 Å². The third-order valence-corrected chi connectivity index (χ3v) is 10.7. The molecule has 2 fully saturated rings. The zero-order valence-corrected chi connectivity index (χ0v) is 26.5. The maximum Gasteiger partial charge on any atom is 0.410 e. The summed E-state index contributed by atoms with van der Waals surface area (Å²) in [4.78, 5) is 47.7. The van der Waals surface area contributed by atoms with E-state index >= 15 is 0 Å². The van der Waals surface area contributed by atoms with Gasteiger partial charge in [-0.25, -0.2) is 14.6 Å². The summed E-state index contributed by atoms with van der Waals surface area (Å²) in [6.07, 6.45) is 4.14. The molecule has 3 aliphatic rings. The minimum absolute atomic E-state index is 0.0659. The molecule has 4 heterocycles. The topological polar surface area (TPSA) is 98.3 Å². The highest BCUT2D eigenvalue weighted by atomic mass is 32.2. The van der Waals surface area contributed by atoms with E-state index in [0.29, 0.717) is 18.8 Å². The summed E-state index contributed by atoms with van der Waals surface area (Å²) in [5.74, 6) is -0.746. The van der Waals surface area contributed by atoms with Crippen molar-refractivity contribution in [3.05, 3.63) is 47.0 Å². The quantitative estimate of drug-likeness (QED) is 0.143. The smallest absolute Gasteiger partial charge is 0.410 e. The average Bonchev–Trinajstić information content (AvgIpc) is 3.46. The zero-order chi connectivity index (χ0) is 29.2. The Bertz CT molecular complexity index is 1190. The molecule has 0 unspecified atom stereocenters. The number of rotatable bonds is 11. The molecule has 4 rings (SSSR count). The SMILES string of the molecule is C=CCOC(=O)C1=C(Sc2nc(C3CCN(C(=O)OCC=C)CC3)cs2)[C@H](C)[C@@H]2[C@@H]([C@@H](C)O[Si](C)(C)C)C(=O)N12. The lowest BCUT2D eigenvalue weighted by atomic mass is 9.79. The monoisotopic (exact) mass is 605 g/mol. The first-order valence-corrected chi connectivity index (χ1v) is 18.8. The van der Waals surface area contributed by atoms with Crippen LogP contribution in [0.1, 0.15) is 38.3 Å². The Morgan fingerprint density at radius 1 is 1.20 bits per heavy atom. The fraction of sp³-hybridized carbons (Fsp3) is 0.571. The summed E-state index contributed by atoms with van der Waals surface area (Å²) in [5, 5.41) is 2.06. The van der Waals surface area contributed by atoms with Crippen LogP contribution in [0.5, 0.6) is 0 Å². The number of carbonyl (C=O) groups excluding carboxylic acids is 3. The van der Waals surface area contributed by atoms with Crippen molar-refractivity contribution in [2.24, 2.45) is 11.8 Å². The predicted octanol–water partition coefficient (Wildman–Crippen LogP) is 5.39. The Hall–Kier alpha value is -2.41. The highest BCUT2D eigenvalue weighted by Crippen LogP contribution is 2.53. The van der Waals surface area contributed by atoms with Crippen LogP contribution in [0.3, 0.4) is 0 Å². The van der Waals surface area contributed by atoms with Crippen LogP contribution < -0.4 is 0 Å². The Kier molecular flexibility index (Phi) is 9.64. The van der Waals surface area contributed by atoms with Gasteiger partial charge in [-0.3, -0.25) is 4.79 Å². The van der Waals surface area contributed by atoms with E-state index in [4.69, 9.17) is 18.9 Å². The van der Waals surface area contributed by atoms with Gasteiger partial charge in [-0.15, -0.1) is 11.3 Å². The molecule has 3 aliphatic heterocycles. The van der Waals surface area contributed by atoms with Crippen molar-refractivity contribution in [2.75, 3.05) is 26.3 Å². The van der Waals surface area contributed by atoms with Crippen LogP contribution in [0.15, 0.2) is 45.6 Å². The number of fused-ring (bicyclic) bond motifs is 1. The van der Waals surface area contributed by atoms with E-state index in [1.54, 1.807) is 15.9 Å². The molecular formula is C28H39N3O6S2Si. The third kappa shape index (κ3) is 6.40. The number of likely N-dealkylation sites (tertiary alicyclic amines) is 1. The van der Waals surface area contributed by atoms with Gasteiger partial charge in [0.05, 0.1) is 23.8 Å². The summed E-state index contributed by atoms with van der Waals surface area (Å²) in [6.45, 7) is 19.1. The van der Waals surface area contributed by atoms with Gasteiger partial charge in [0, 0.05) is 35.2 Å². The number of piperidine rings is 1. The molecule has 2 amide bonds. The molecule has 12 heteroatoms. The van der Waals surface area contributed by atoms with Crippen molar-refractivity contribution in [3.63, 3.8) is 0 Å². The van der Waals surface area contributed by atoms with Crippen LogP contribution >= 0.6 is 23.1 Å². The van der Waals surface area contributed by atoms with Crippen molar-refractivity contribution in [1.29, 1.82) is 0 Å². The molecule has 40 heavy (non-hydrogen) atoms. The number of carbonyl (C=O) groups is 3. The van der Waals surface area contributed by atoms with Crippen LogP contribution in [-0.2, 0) is 23.5 Å². The van der Waals surface area contributed by atoms with E-state index in [1.165, 1.54) is 29.2 Å². The maximum absolute atomic E-state index is 13.4. The molecule has 1 aromatic heterocycles. The number of amides is 2. The molecule has 218 valence electrons. The number of aromatic nitrogens is 1. The molecule has 1 aromatic rings. The molecule has 9 nitrogen and oxygen atoms in total. The number of hydrogen-bond donors (Lipinski definition) is 0. The third-order valence-electron chi connectivity index (χ3n) is 7.35. The second kappa shape index (κ2) is 12.6. The first-order valence-electron chi connectivity index (χ1n) is 13.7. The van der Waals surface area contributed by atoms with Crippen molar-refractivity contribution in [1.82, 2.24) is 14.8 Å². The van der Waals surface area contributed by atoms with Crippen molar-refractivity contribution in [3.8, 4) is 0 Å². The summed E-state index contributed by atoms with van der Waals surface area (Å²) in [7, 11) is -1.86. The van der Waals surface area contributed by atoms with Crippen LogP contribution in [0, 0.1) is 11.8 Å². The molecule has 0 spiro atoms. The first kappa shape index (κ1) is 30.5. The van der Waals surface area contributed by atoms with E-state index in [0.717, 1.165) is 27.8 Å². The number of esters is 1. The van der Waals surface area contributed by atoms with Gasteiger partial charge in [0.25, 0.3) is 0 Å². The lowest BCUT2D eigenvalue weighted by Gasteiger charge is -2.48. The number of hydrogen-bond acceptors (Lipinski definition) is 9. The van der Waals surface area contributed by atoms with E-state index in [9.17, 15) is 14.4 Å². The molecule has 0 N–H and O–H groups in total. The molecule has 0 radical (unpaired) electrons. The van der Waals surface area contributed by atoms with Crippen LogP contribution in [0.25, 0.3) is 0 Å². The Morgan fingerprint density at radius 3 is 2.48 bits per heavy atom. The summed E-state index contributed by atoms with van der Waals surface area (Å²) in [5.41, 5.74) is 1.30. The number of thiazole rings is 1. The van der Waals surface area contributed by atoms with Crippen molar-refractivity contribution < 1.29 is 28.3 Å². The van der Waals surface area contributed by atoms with Gasteiger partial charge >= 0.3 is 12.1 Å². The summed E-state index contributed by atoms with van der Waals surface area (Å²) in [6, 6.07) is -0.155. The van der Waals surface area contributed by atoms with Gasteiger partial charge in [0.2, 0.25) is 5.91 Å². The highest BCUT2D eigenvalue weighted by Gasteiger charge is 2.61. The Labute approximate surface area is 245 Å². The van der Waals surface area contributed by atoms with Crippen LogP contribution in [-0.4, -0.2) is 79.5 Å². The maximum atomic E-state index is 13.4. The van der Waals surface area contributed by atoms with Gasteiger partial charge in [0.1, 0.15) is 18.9 Å². The van der Waals surface area contributed by atoms with E-state index in [1.807, 2.05) is 6.92 Å². The predicted molar refractivity (Wildman–Crippen MR) is 158 cm³/mol. The van der Waals surface area contributed by atoms with Gasteiger partial charge < -0.3 is 23.7 Å². The van der Waals surface area contributed by atoms with Gasteiger partial charge in [-0.05, 0) is 39.4 Å². The largest absolute Gasteiger partial charge is 0.457 e. The lowest BCUT2D eigenvalue weighted by molar-refractivity contribution is -0.163. The zero-order valence-electron chi connectivity index (χ0n) is 23.9. The van der Waals surface area contributed by atoms with Crippen molar-refractivity contribution in [2.45, 2.75) is 68.7 Å². The standard InChI is InChI=1S/C28H39N3O6S2Si/c1-8-14-35-26(33)23-24(17(3)22-21(25(32)31(22)23)18(4)37-40(5,6)7)39-27-29-20(16-38-27)19-10-12-30(13-11-19)28(34)36-15-9-2/h8-9,16-19,21-22H,1-2,10-15H2,3-7H3/t17-,18-,21-,22-/m1/s1. The molecule has 0 saturated carbocycles. The second-order valence-electron chi connectivity index (χ2n) is 11.3. The molecule has 2 saturated heterocycles. The van der Waals surface area contributed by atoms with Crippen LogP contribution in [0.4, 0.5) is 4.79 Å². The average molecular weight is 606 g/mol. The van der Waals surface area contributed by atoms with Crippen LogP contribution in [0.2, 0.25) is 19.6 Å². The van der Waals surface area contributed by atoms with E-state index < -0.39 is 14.3 Å². The molecule has 0 aromatic carbocycles. The molecule has 0 aliphatic carbocycles. The fourth-order valence-corrected chi connectivity index (χ4v) is 9.08. The summed E-state index contributed by atoms with van der Waals surface area (Å²) >= 11 is 2.98. The number of thioether (sulfide) groups is 1. The number of nitrogens with zero attached hydrogens (tertiary/aromatic N) is 3. The minimum atomic E-state index is -1.86. The highest BCUT2D eigenvalue weighted by molar-refractivity contribution is 8.04. The summed E-state index contributed by atoms with van der Waals surface area (Å²) < 4.78 is 17.7. The van der Waals surface area contributed by atoms with E-state index in [2.05, 4.69) is 45.1 Å². The number of β-lactam (4-membered cyclic amide) rings is 1. The van der Waals surface area contributed by atoms with Gasteiger partial charge in [-0.2, -0.15) is 0 Å². The normalized spacial score (nSPS) is 23.9. The second-order valence-corrected chi connectivity index (χ2v) is 17.9. The molecule has 0 bridgehead atoms. The lowest BCUT2D eigenvalue weighted by Crippen LogP contribution is -2.64. The Balaban J connectivity index is 1.49. The number of ether oxygens (including phenoxy) is 2.